The monoisotopic (exact) mass is 270 g/mol. The van der Waals surface area contributed by atoms with E-state index in [1.807, 2.05) is 55.6 Å². The molecule has 0 bridgehead atoms. The van der Waals surface area contributed by atoms with E-state index in [4.69, 9.17) is 0 Å². The Balaban J connectivity index is 2.25. The van der Waals surface area contributed by atoms with E-state index in [9.17, 15) is 5.11 Å². The van der Waals surface area contributed by atoms with Crippen molar-refractivity contribution in [3.05, 3.63) is 54.1 Å². The summed E-state index contributed by atoms with van der Waals surface area (Å²) in [4.78, 5) is 2.06. The number of para-hydroxylation sites is 1. The Kier molecular flexibility index (Phi) is 4.64. The van der Waals surface area contributed by atoms with Gasteiger partial charge in [-0.15, -0.1) is 0 Å². The van der Waals surface area contributed by atoms with Crippen LogP contribution in [0.2, 0.25) is 0 Å². The number of benzene rings is 2. The molecule has 0 aromatic heterocycles. The zero-order valence-electron chi connectivity index (χ0n) is 12.3. The maximum atomic E-state index is 10.2. The van der Waals surface area contributed by atoms with Gasteiger partial charge in [-0.1, -0.05) is 31.2 Å². The Morgan fingerprint density at radius 1 is 1.10 bits per heavy atom. The smallest absolute Gasteiger partial charge is 0.122 e. The van der Waals surface area contributed by atoms with Gasteiger partial charge in [0.2, 0.25) is 0 Å². The molecule has 2 aromatic rings. The minimum atomic E-state index is 0.149. The summed E-state index contributed by atoms with van der Waals surface area (Å²) in [6.45, 7) is 5.00. The minimum Gasteiger partial charge on any atom is -0.508 e. The average molecular weight is 270 g/mol. The number of phenolic OH excluding ortho intramolecular Hbond substituents is 1. The minimum absolute atomic E-state index is 0.149. The Hall–Kier alpha value is -2.00. The van der Waals surface area contributed by atoms with E-state index in [2.05, 4.69) is 24.1 Å². The van der Waals surface area contributed by atoms with Crippen molar-refractivity contribution in [1.82, 2.24) is 5.32 Å². The number of anilines is 2. The fourth-order valence-corrected chi connectivity index (χ4v) is 2.32. The molecule has 2 aromatic carbocycles. The van der Waals surface area contributed by atoms with Crippen LogP contribution in [0.15, 0.2) is 48.5 Å². The van der Waals surface area contributed by atoms with Gasteiger partial charge < -0.3 is 15.3 Å². The van der Waals surface area contributed by atoms with E-state index >= 15 is 0 Å². The van der Waals surface area contributed by atoms with E-state index < -0.39 is 0 Å². The number of aromatic hydroxyl groups is 1. The second-order valence-electron chi connectivity index (χ2n) is 4.92. The van der Waals surface area contributed by atoms with Crippen molar-refractivity contribution in [2.24, 2.45) is 0 Å². The molecule has 20 heavy (non-hydrogen) atoms. The number of hydrogen-bond donors (Lipinski definition) is 2. The van der Waals surface area contributed by atoms with Crippen LogP contribution in [0.4, 0.5) is 11.4 Å². The molecule has 0 heterocycles. The van der Waals surface area contributed by atoms with Crippen molar-refractivity contribution in [2.45, 2.75) is 19.9 Å². The highest BCUT2D eigenvalue weighted by molar-refractivity contribution is 5.64. The standard InChI is InChI=1S/C17H22N2O/c1-4-18-13(2)16-11-10-15(12-17(16)20)19(3)14-8-6-5-7-9-14/h5-13,18,20H,4H2,1-3H3. The van der Waals surface area contributed by atoms with Crippen LogP contribution in [0.5, 0.6) is 5.75 Å². The van der Waals surface area contributed by atoms with Crippen molar-refractivity contribution in [3.8, 4) is 5.75 Å². The lowest BCUT2D eigenvalue weighted by molar-refractivity contribution is 0.455. The highest BCUT2D eigenvalue weighted by Crippen LogP contribution is 2.31. The lowest BCUT2D eigenvalue weighted by atomic mass is 10.1. The molecule has 0 radical (unpaired) electrons. The van der Waals surface area contributed by atoms with Crippen LogP contribution >= 0.6 is 0 Å². The van der Waals surface area contributed by atoms with Crippen molar-refractivity contribution >= 4 is 11.4 Å². The molecule has 0 aliphatic rings. The highest BCUT2D eigenvalue weighted by atomic mass is 16.3. The first-order valence-corrected chi connectivity index (χ1v) is 6.98. The first-order chi connectivity index (χ1) is 9.63. The molecule has 0 fully saturated rings. The van der Waals surface area contributed by atoms with Gasteiger partial charge in [0.15, 0.2) is 0 Å². The number of hydrogen-bond acceptors (Lipinski definition) is 3. The van der Waals surface area contributed by atoms with E-state index in [-0.39, 0.29) is 6.04 Å². The first kappa shape index (κ1) is 14.4. The van der Waals surface area contributed by atoms with E-state index in [0.29, 0.717) is 5.75 Å². The summed E-state index contributed by atoms with van der Waals surface area (Å²) >= 11 is 0. The normalized spacial score (nSPS) is 12.2. The van der Waals surface area contributed by atoms with Crippen LogP contribution in [0, 0.1) is 0 Å². The van der Waals surface area contributed by atoms with Crippen molar-refractivity contribution in [3.63, 3.8) is 0 Å². The molecule has 2 rings (SSSR count). The lowest BCUT2D eigenvalue weighted by Gasteiger charge is -2.21. The summed E-state index contributed by atoms with van der Waals surface area (Å²) in [6, 6.07) is 16.1. The molecule has 0 saturated carbocycles. The third-order valence-electron chi connectivity index (χ3n) is 3.52. The third kappa shape index (κ3) is 3.11. The van der Waals surface area contributed by atoms with Gasteiger partial charge in [-0.2, -0.15) is 0 Å². The predicted octanol–water partition coefficient (Wildman–Crippen LogP) is 3.83. The molecule has 0 amide bonds. The van der Waals surface area contributed by atoms with Gasteiger partial charge in [0.05, 0.1) is 0 Å². The van der Waals surface area contributed by atoms with E-state index in [0.717, 1.165) is 23.5 Å². The average Bonchev–Trinajstić information content (AvgIpc) is 2.47. The van der Waals surface area contributed by atoms with Gasteiger partial charge in [-0.3, -0.25) is 0 Å². The van der Waals surface area contributed by atoms with Crippen molar-refractivity contribution in [1.29, 1.82) is 0 Å². The summed E-state index contributed by atoms with van der Waals surface area (Å²) in [5, 5.41) is 13.5. The van der Waals surface area contributed by atoms with Gasteiger partial charge in [-0.05, 0) is 31.7 Å². The van der Waals surface area contributed by atoms with Crippen LogP contribution in [-0.4, -0.2) is 18.7 Å². The second kappa shape index (κ2) is 6.44. The molecular formula is C17H22N2O. The van der Waals surface area contributed by atoms with Crippen LogP contribution in [0.3, 0.4) is 0 Å². The Morgan fingerprint density at radius 2 is 1.80 bits per heavy atom. The zero-order valence-corrected chi connectivity index (χ0v) is 12.3. The lowest BCUT2D eigenvalue weighted by Crippen LogP contribution is -2.18. The SMILES string of the molecule is CCNC(C)c1ccc(N(C)c2ccccc2)cc1O. The van der Waals surface area contributed by atoms with Gasteiger partial charge in [-0.25, -0.2) is 0 Å². The second-order valence-corrected chi connectivity index (χ2v) is 4.92. The molecule has 3 nitrogen and oxygen atoms in total. The van der Waals surface area contributed by atoms with Crippen LogP contribution < -0.4 is 10.2 Å². The number of phenols is 1. The molecule has 2 N–H and O–H groups in total. The molecule has 0 aliphatic carbocycles. The van der Waals surface area contributed by atoms with Crippen LogP contribution in [-0.2, 0) is 0 Å². The molecular weight excluding hydrogens is 248 g/mol. The molecule has 0 aliphatic heterocycles. The van der Waals surface area contributed by atoms with Crippen LogP contribution in [0.1, 0.15) is 25.5 Å². The van der Waals surface area contributed by atoms with Gasteiger partial charge in [0, 0.05) is 36.1 Å². The predicted molar refractivity (Wildman–Crippen MR) is 84.7 cm³/mol. The number of nitrogens with one attached hydrogen (secondary N) is 1. The molecule has 1 unspecified atom stereocenters. The summed E-state index contributed by atoms with van der Waals surface area (Å²) in [5.41, 5.74) is 3.00. The molecule has 0 saturated heterocycles. The Labute approximate surface area is 120 Å². The maximum absolute atomic E-state index is 10.2. The zero-order chi connectivity index (χ0) is 14.5. The van der Waals surface area contributed by atoms with Gasteiger partial charge in [0.25, 0.3) is 0 Å². The third-order valence-corrected chi connectivity index (χ3v) is 3.52. The van der Waals surface area contributed by atoms with Crippen molar-refractivity contribution < 1.29 is 5.11 Å². The summed E-state index contributed by atoms with van der Waals surface area (Å²) in [5.74, 6) is 0.332. The van der Waals surface area contributed by atoms with E-state index in [1.54, 1.807) is 0 Å². The first-order valence-electron chi connectivity index (χ1n) is 6.98. The summed E-state index contributed by atoms with van der Waals surface area (Å²) in [7, 11) is 2.00. The Bertz CT molecular complexity index is 554. The summed E-state index contributed by atoms with van der Waals surface area (Å²) in [6.07, 6.45) is 0. The Morgan fingerprint density at radius 3 is 2.40 bits per heavy atom. The quantitative estimate of drug-likeness (QED) is 0.866. The largest absolute Gasteiger partial charge is 0.508 e. The molecule has 3 heteroatoms. The van der Waals surface area contributed by atoms with Gasteiger partial charge in [0.1, 0.15) is 5.75 Å². The van der Waals surface area contributed by atoms with Crippen LogP contribution in [0.25, 0.3) is 0 Å². The van der Waals surface area contributed by atoms with E-state index in [1.165, 1.54) is 0 Å². The van der Waals surface area contributed by atoms with Gasteiger partial charge >= 0.3 is 0 Å². The molecule has 106 valence electrons. The molecule has 1 atom stereocenters. The topological polar surface area (TPSA) is 35.5 Å². The summed E-state index contributed by atoms with van der Waals surface area (Å²) < 4.78 is 0. The number of nitrogens with zero attached hydrogens (tertiary/aromatic N) is 1. The highest BCUT2D eigenvalue weighted by Gasteiger charge is 2.11. The molecule has 0 spiro atoms. The fraction of sp³-hybridized carbons (Fsp3) is 0.294. The maximum Gasteiger partial charge on any atom is 0.122 e. The van der Waals surface area contributed by atoms with Crippen molar-refractivity contribution in [2.75, 3.05) is 18.5 Å². The fourth-order valence-electron chi connectivity index (χ4n) is 2.32. The number of rotatable bonds is 5.